The number of fused-ring (bicyclic) bond motifs is 1. The van der Waals surface area contributed by atoms with Crippen molar-refractivity contribution in [3.05, 3.63) is 82.7 Å². The van der Waals surface area contributed by atoms with Crippen LogP contribution in [0.2, 0.25) is 0 Å². The zero-order chi connectivity index (χ0) is 20.4. The number of para-hydroxylation sites is 1. The number of hydrogen-bond donors (Lipinski definition) is 1. The molecule has 1 aliphatic rings. The molecule has 1 aliphatic carbocycles. The summed E-state index contributed by atoms with van der Waals surface area (Å²) in [7, 11) is 0. The van der Waals surface area contributed by atoms with Crippen LogP contribution < -0.4 is 5.32 Å². The third-order valence-corrected chi connectivity index (χ3v) is 5.11. The smallest absolute Gasteiger partial charge is 0.350 e. The first-order valence-corrected chi connectivity index (χ1v) is 9.50. The van der Waals surface area contributed by atoms with E-state index in [1.165, 1.54) is 23.4 Å². The van der Waals surface area contributed by atoms with Gasteiger partial charge < -0.3 is 5.32 Å². The highest BCUT2D eigenvalue weighted by Gasteiger charge is 2.30. The third kappa shape index (κ3) is 4.18. The second-order valence-electron chi connectivity index (χ2n) is 7.12. The molecule has 1 N–H and O–H groups in total. The Morgan fingerprint density at radius 2 is 1.76 bits per heavy atom. The standard InChI is InChI=1S/C22H20F3N3O/c23-22(24,25)16-11-9-15(10-12-16)13-21(29)26-14-19-18-7-4-8-20(18)28(27-19)17-5-2-1-3-6-17/h1-3,5-6,9-12H,4,7-8,13-14H2,(H,26,29). The summed E-state index contributed by atoms with van der Waals surface area (Å²) in [6, 6.07) is 14.5. The van der Waals surface area contributed by atoms with Gasteiger partial charge in [0.15, 0.2) is 0 Å². The zero-order valence-corrected chi connectivity index (χ0v) is 15.7. The van der Waals surface area contributed by atoms with Crippen molar-refractivity contribution in [1.29, 1.82) is 0 Å². The van der Waals surface area contributed by atoms with Gasteiger partial charge in [0.1, 0.15) is 0 Å². The summed E-state index contributed by atoms with van der Waals surface area (Å²) in [4.78, 5) is 12.3. The van der Waals surface area contributed by atoms with Crippen molar-refractivity contribution in [2.75, 3.05) is 0 Å². The van der Waals surface area contributed by atoms with E-state index >= 15 is 0 Å². The Morgan fingerprint density at radius 1 is 1.03 bits per heavy atom. The number of hydrogen-bond acceptors (Lipinski definition) is 2. The Bertz CT molecular complexity index is 1010. The van der Waals surface area contributed by atoms with Crippen LogP contribution in [0.1, 0.15) is 34.5 Å². The monoisotopic (exact) mass is 399 g/mol. The normalized spacial score (nSPS) is 13.3. The van der Waals surface area contributed by atoms with E-state index in [9.17, 15) is 18.0 Å². The summed E-state index contributed by atoms with van der Waals surface area (Å²) < 4.78 is 39.9. The summed E-state index contributed by atoms with van der Waals surface area (Å²) >= 11 is 0. The molecular formula is C22H20F3N3O. The Balaban J connectivity index is 1.42. The molecule has 4 rings (SSSR count). The average molecular weight is 399 g/mol. The fourth-order valence-corrected chi connectivity index (χ4v) is 3.68. The van der Waals surface area contributed by atoms with Crippen LogP contribution in [-0.2, 0) is 36.8 Å². The third-order valence-electron chi connectivity index (χ3n) is 5.11. The molecule has 150 valence electrons. The Morgan fingerprint density at radius 3 is 2.45 bits per heavy atom. The predicted molar refractivity (Wildman–Crippen MR) is 103 cm³/mol. The van der Waals surface area contributed by atoms with Gasteiger partial charge in [-0.15, -0.1) is 0 Å². The lowest BCUT2D eigenvalue weighted by Gasteiger charge is -2.08. The van der Waals surface area contributed by atoms with Crippen LogP contribution in [0.3, 0.4) is 0 Å². The van der Waals surface area contributed by atoms with Crippen LogP contribution in [0.25, 0.3) is 5.69 Å². The topological polar surface area (TPSA) is 46.9 Å². The van der Waals surface area contributed by atoms with E-state index in [1.807, 2.05) is 35.0 Å². The number of nitrogens with zero attached hydrogens (tertiary/aromatic N) is 2. The quantitative estimate of drug-likeness (QED) is 0.698. The van der Waals surface area contributed by atoms with E-state index in [2.05, 4.69) is 5.32 Å². The minimum absolute atomic E-state index is 0.0275. The van der Waals surface area contributed by atoms with Crippen LogP contribution in [0.4, 0.5) is 13.2 Å². The van der Waals surface area contributed by atoms with Gasteiger partial charge >= 0.3 is 6.18 Å². The van der Waals surface area contributed by atoms with E-state index in [0.717, 1.165) is 42.8 Å². The van der Waals surface area contributed by atoms with E-state index in [0.29, 0.717) is 12.1 Å². The SMILES string of the molecule is O=C(Cc1ccc(C(F)(F)F)cc1)NCc1nn(-c2ccccc2)c2c1CCC2. The van der Waals surface area contributed by atoms with E-state index in [1.54, 1.807) is 0 Å². The van der Waals surface area contributed by atoms with E-state index in [-0.39, 0.29) is 12.3 Å². The van der Waals surface area contributed by atoms with Crippen molar-refractivity contribution in [2.45, 2.75) is 38.4 Å². The zero-order valence-electron chi connectivity index (χ0n) is 15.7. The summed E-state index contributed by atoms with van der Waals surface area (Å²) in [5, 5.41) is 7.55. The molecule has 1 aromatic heterocycles. The van der Waals surface area contributed by atoms with Crippen molar-refractivity contribution in [3.8, 4) is 5.69 Å². The van der Waals surface area contributed by atoms with Gasteiger partial charge in [0, 0.05) is 5.69 Å². The lowest BCUT2D eigenvalue weighted by molar-refractivity contribution is -0.137. The molecule has 0 saturated carbocycles. The lowest BCUT2D eigenvalue weighted by Crippen LogP contribution is -2.25. The van der Waals surface area contributed by atoms with Crippen molar-refractivity contribution >= 4 is 5.91 Å². The van der Waals surface area contributed by atoms with Crippen molar-refractivity contribution in [2.24, 2.45) is 0 Å². The number of alkyl halides is 3. The summed E-state index contributed by atoms with van der Waals surface area (Å²) in [6.07, 6.45) is -1.39. The molecule has 0 fully saturated rings. The molecule has 0 unspecified atom stereocenters. The number of benzene rings is 2. The first-order chi connectivity index (χ1) is 13.9. The van der Waals surface area contributed by atoms with Crippen LogP contribution in [0, 0.1) is 0 Å². The molecule has 3 aromatic rings. The molecule has 29 heavy (non-hydrogen) atoms. The maximum atomic E-state index is 12.6. The van der Waals surface area contributed by atoms with Crippen LogP contribution in [-0.4, -0.2) is 15.7 Å². The number of rotatable bonds is 5. The number of halogens is 3. The largest absolute Gasteiger partial charge is 0.416 e. The summed E-state index contributed by atoms with van der Waals surface area (Å²) in [6.45, 7) is 0.307. The van der Waals surface area contributed by atoms with Gasteiger partial charge in [-0.1, -0.05) is 30.3 Å². The highest BCUT2D eigenvalue weighted by molar-refractivity contribution is 5.78. The van der Waals surface area contributed by atoms with Crippen LogP contribution in [0.5, 0.6) is 0 Å². The Kier molecular flexibility index (Phi) is 5.13. The second kappa shape index (κ2) is 7.73. The molecule has 1 heterocycles. The van der Waals surface area contributed by atoms with E-state index < -0.39 is 11.7 Å². The van der Waals surface area contributed by atoms with Crippen molar-refractivity contribution < 1.29 is 18.0 Å². The molecule has 7 heteroatoms. The van der Waals surface area contributed by atoms with Gasteiger partial charge in [-0.25, -0.2) is 4.68 Å². The molecule has 1 amide bonds. The highest BCUT2D eigenvalue weighted by Crippen LogP contribution is 2.29. The number of amides is 1. The maximum absolute atomic E-state index is 12.6. The van der Waals surface area contributed by atoms with Crippen LogP contribution in [0.15, 0.2) is 54.6 Å². The molecule has 0 saturated heterocycles. The van der Waals surface area contributed by atoms with Gasteiger partial charge in [-0.05, 0) is 54.7 Å². The van der Waals surface area contributed by atoms with Gasteiger partial charge in [0.2, 0.25) is 5.91 Å². The number of carbonyl (C=O) groups is 1. The average Bonchev–Trinajstić information content (AvgIpc) is 3.30. The molecule has 0 atom stereocenters. The number of nitrogens with one attached hydrogen (secondary N) is 1. The molecule has 0 spiro atoms. The Hall–Kier alpha value is -3.09. The number of carbonyl (C=O) groups excluding carboxylic acids is 1. The molecular weight excluding hydrogens is 379 g/mol. The first kappa shape index (κ1) is 19.2. The van der Waals surface area contributed by atoms with Crippen molar-refractivity contribution in [1.82, 2.24) is 15.1 Å². The predicted octanol–water partition coefficient (Wildman–Crippen LogP) is 4.24. The lowest BCUT2D eigenvalue weighted by atomic mass is 10.1. The molecule has 4 nitrogen and oxygen atoms in total. The fourth-order valence-electron chi connectivity index (χ4n) is 3.68. The molecule has 2 aromatic carbocycles. The summed E-state index contributed by atoms with van der Waals surface area (Å²) in [5.41, 5.74) is 4.03. The van der Waals surface area contributed by atoms with Crippen LogP contribution >= 0.6 is 0 Å². The van der Waals surface area contributed by atoms with E-state index in [4.69, 9.17) is 5.10 Å². The number of aromatic nitrogens is 2. The second-order valence-corrected chi connectivity index (χ2v) is 7.12. The fraction of sp³-hybridized carbons (Fsp3) is 0.273. The highest BCUT2D eigenvalue weighted by atomic mass is 19.4. The van der Waals surface area contributed by atoms with Gasteiger partial charge in [0.25, 0.3) is 0 Å². The first-order valence-electron chi connectivity index (χ1n) is 9.50. The van der Waals surface area contributed by atoms with Gasteiger partial charge in [-0.2, -0.15) is 18.3 Å². The Labute approximate surface area is 166 Å². The minimum Gasteiger partial charge on any atom is -0.350 e. The van der Waals surface area contributed by atoms with Gasteiger partial charge in [-0.3, -0.25) is 4.79 Å². The molecule has 0 aliphatic heterocycles. The summed E-state index contributed by atoms with van der Waals surface area (Å²) in [5.74, 6) is -0.245. The van der Waals surface area contributed by atoms with Gasteiger partial charge in [0.05, 0.1) is 29.9 Å². The molecule has 0 radical (unpaired) electrons. The maximum Gasteiger partial charge on any atom is 0.416 e. The molecule has 0 bridgehead atoms. The van der Waals surface area contributed by atoms with Crippen molar-refractivity contribution in [3.63, 3.8) is 0 Å². The minimum atomic E-state index is -4.38.